The monoisotopic (exact) mass is 290 g/mol. The summed E-state index contributed by atoms with van der Waals surface area (Å²) in [5, 5.41) is 0. The Labute approximate surface area is 125 Å². The van der Waals surface area contributed by atoms with Crippen molar-refractivity contribution in [2.75, 3.05) is 37.7 Å². The molecule has 3 rings (SSSR count). The molecule has 0 radical (unpaired) electrons. The first kappa shape index (κ1) is 14.3. The number of ether oxygens (including phenoxy) is 1. The summed E-state index contributed by atoms with van der Waals surface area (Å²) >= 11 is 0. The third-order valence-electron chi connectivity index (χ3n) is 4.20. The Morgan fingerprint density at radius 1 is 1.33 bits per heavy atom. The van der Waals surface area contributed by atoms with Crippen molar-refractivity contribution in [3.05, 3.63) is 18.6 Å². The van der Waals surface area contributed by atoms with Crippen molar-refractivity contribution in [3.63, 3.8) is 0 Å². The minimum absolute atomic E-state index is 0.0612. The van der Waals surface area contributed by atoms with E-state index in [0.29, 0.717) is 19.7 Å². The van der Waals surface area contributed by atoms with E-state index in [1.807, 2.05) is 11.8 Å². The zero-order chi connectivity index (χ0) is 14.7. The second-order valence-electron chi connectivity index (χ2n) is 5.81. The number of anilines is 1. The first-order chi connectivity index (χ1) is 10.2. The van der Waals surface area contributed by atoms with E-state index < -0.39 is 0 Å². The molecule has 1 aromatic heterocycles. The van der Waals surface area contributed by atoms with Crippen LogP contribution in [0.5, 0.6) is 0 Å². The fraction of sp³-hybridized carbons (Fsp3) is 0.667. The smallest absolute Gasteiger partial charge is 0.227 e. The fourth-order valence-electron chi connectivity index (χ4n) is 3.12. The third-order valence-corrected chi connectivity index (χ3v) is 4.20. The molecule has 6 heteroatoms. The fourth-order valence-corrected chi connectivity index (χ4v) is 3.12. The molecule has 1 amide bonds. The van der Waals surface area contributed by atoms with Gasteiger partial charge in [-0.3, -0.25) is 9.78 Å². The molecule has 114 valence electrons. The van der Waals surface area contributed by atoms with E-state index >= 15 is 0 Å². The molecule has 0 spiro atoms. The maximum atomic E-state index is 12.7. The zero-order valence-corrected chi connectivity index (χ0v) is 12.4. The summed E-state index contributed by atoms with van der Waals surface area (Å²) in [6.45, 7) is 5.77. The van der Waals surface area contributed by atoms with Crippen molar-refractivity contribution in [2.45, 2.75) is 25.9 Å². The van der Waals surface area contributed by atoms with E-state index in [4.69, 9.17) is 4.74 Å². The van der Waals surface area contributed by atoms with Gasteiger partial charge in [0.2, 0.25) is 5.91 Å². The normalized spacial score (nSPS) is 26.7. The average molecular weight is 290 g/mol. The van der Waals surface area contributed by atoms with Crippen molar-refractivity contribution in [1.82, 2.24) is 14.9 Å². The third kappa shape index (κ3) is 3.32. The lowest BCUT2D eigenvalue weighted by Gasteiger charge is -2.37. The Kier molecular flexibility index (Phi) is 4.34. The maximum Gasteiger partial charge on any atom is 0.227 e. The largest absolute Gasteiger partial charge is 0.375 e. The van der Waals surface area contributed by atoms with Crippen LogP contribution in [0.25, 0.3) is 0 Å². The Hall–Kier alpha value is -1.69. The second kappa shape index (κ2) is 6.39. The molecule has 2 aliphatic heterocycles. The van der Waals surface area contributed by atoms with Crippen LogP contribution < -0.4 is 4.90 Å². The van der Waals surface area contributed by atoms with Crippen LogP contribution in [0, 0.1) is 5.92 Å². The highest BCUT2D eigenvalue weighted by Gasteiger charge is 2.31. The molecule has 1 aromatic rings. The number of piperidine rings is 1. The molecule has 2 saturated heterocycles. The number of carbonyl (C=O) groups excluding carboxylic acids is 1. The predicted molar refractivity (Wildman–Crippen MR) is 79.0 cm³/mol. The van der Waals surface area contributed by atoms with Crippen LogP contribution in [0.15, 0.2) is 18.6 Å². The lowest BCUT2D eigenvalue weighted by molar-refractivity contribution is -0.142. The summed E-state index contributed by atoms with van der Waals surface area (Å²) in [6, 6.07) is 0. The molecule has 0 saturated carbocycles. The number of amides is 1. The number of morpholine rings is 1. The molecular weight excluding hydrogens is 268 g/mol. The van der Waals surface area contributed by atoms with E-state index in [2.05, 4.69) is 14.9 Å². The molecule has 21 heavy (non-hydrogen) atoms. The molecule has 2 fully saturated rings. The van der Waals surface area contributed by atoms with Crippen LogP contribution in [0.3, 0.4) is 0 Å². The number of nitrogens with zero attached hydrogens (tertiary/aromatic N) is 4. The minimum Gasteiger partial charge on any atom is -0.375 e. The summed E-state index contributed by atoms with van der Waals surface area (Å²) in [4.78, 5) is 25.3. The van der Waals surface area contributed by atoms with Gasteiger partial charge in [-0.25, -0.2) is 4.98 Å². The van der Waals surface area contributed by atoms with Gasteiger partial charge in [0.25, 0.3) is 0 Å². The number of aromatic nitrogens is 2. The van der Waals surface area contributed by atoms with Crippen LogP contribution in [0.2, 0.25) is 0 Å². The van der Waals surface area contributed by atoms with Crippen molar-refractivity contribution in [3.8, 4) is 0 Å². The van der Waals surface area contributed by atoms with Gasteiger partial charge in [-0.05, 0) is 19.8 Å². The SMILES string of the molecule is C[C@@H]1CN(C(=O)[C@@H]2CCCN(c3cnccn3)C2)CCO1. The zero-order valence-electron chi connectivity index (χ0n) is 12.4. The molecule has 3 heterocycles. The van der Waals surface area contributed by atoms with Crippen molar-refractivity contribution in [1.29, 1.82) is 0 Å². The van der Waals surface area contributed by atoms with Crippen LogP contribution >= 0.6 is 0 Å². The van der Waals surface area contributed by atoms with E-state index in [9.17, 15) is 4.79 Å². The molecule has 0 aliphatic carbocycles. The Bertz CT molecular complexity index is 482. The van der Waals surface area contributed by atoms with Crippen LogP contribution in [-0.2, 0) is 9.53 Å². The molecular formula is C15H22N4O2. The van der Waals surface area contributed by atoms with Gasteiger partial charge in [0.15, 0.2) is 0 Å². The molecule has 0 unspecified atom stereocenters. The highest BCUT2D eigenvalue weighted by molar-refractivity contribution is 5.79. The van der Waals surface area contributed by atoms with Gasteiger partial charge in [-0.2, -0.15) is 0 Å². The summed E-state index contributed by atoms with van der Waals surface area (Å²) in [5.41, 5.74) is 0. The lowest BCUT2D eigenvalue weighted by Crippen LogP contribution is -2.50. The van der Waals surface area contributed by atoms with E-state index in [1.165, 1.54) is 0 Å². The van der Waals surface area contributed by atoms with E-state index in [0.717, 1.165) is 31.7 Å². The Morgan fingerprint density at radius 2 is 2.24 bits per heavy atom. The Morgan fingerprint density at radius 3 is 3.00 bits per heavy atom. The van der Waals surface area contributed by atoms with Crippen molar-refractivity contribution < 1.29 is 9.53 Å². The first-order valence-corrected chi connectivity index (χ1v) is 7.65. The average Bonchev–Trinajstić information content (AvgIpc) is 2.55. The summed E-state index contributed by atoms with van der Waals surface area (Å²) in [5.74, 6) is 1.19. The van der Waals surface area contributed by atoms with Gasteiger partial charge in [0.1, 0.15) is 5.82 Å². The highest BCUT2D eigenvalue weighted by Crippen LogP contribution is 2.23. The molecule has 2 atom stereocenters. The minimum atomic E-state index is 0.0612. The lowest BCUT2D eigenvalue weighted by atomic mass is 9.96. The number of carbonyl (C=O) groups is 1. The van der Waals surface area contributed by atoms with Crippen LogP contribution in [-0.4, -0.2) is 59.7 Å². The van der Waals surface area contributed by atoms with Gasteiger partial charge < -0.3 is 14.5 Å². The summed E-state index contributed by atoms with van der Waals surface area (Å²) in [7, 11) is 0. The Balaban J connectivity index is 1.64. The van der Waals surface area contributed by atoms with Crippen LogP contribution in [0.1, 0.15) is 19.8 Å². The van der Waals surface area contributed by atoms with Gasteiger partial charge >= 0.3 is 0 Å². The van der Waals surface area contributed by atoms with Crippen LogP contribution in [0.4, 0.5) is 5.82 Å². The van der Waals surface area contributed by atoms with Gasteiger partial charge in [0, 0.05) is 38.6 Å². The predicted octanol–water partition coefficient (Wildman–Crippen LogP) is 0.940. The van der Waals surface area contributed by atoms with Crippen molar-refractivity contribution >= 4 is 11.7 Å². The number of rotatable bonds is 2. The highest BCUT2D eigenvalue weighted by atomic mass is 16.5. The molecule has 6 nitrogen and oxygen atoms in total. The topological polar surface area (TPSA) is 58.6 Å². The quantitative estimate of drug-likeness (QED) is 0.811. The van der Waals surface area contributed by atoms with Gasteiger partial charge in [-0.15, -0.1) is 0 Å². The van der Waals surface area contributed by atoms with E-state index in [1.54, 1.807) is 18.6 Å². The summed E-state index contributed by atoms with van der Waals surface area (Å²) < 4.78 is 5.51. The maximum absolute atomic E-state index is 12.7. The van der Waals surface area contributed by atoms with Gasteiger partial charge in [-0.1, -0.05) is 0 Å². The molecule has 0 bridgehead atoms. The second-order valence-corrected chi connectivity index (χ2v) is 5.81. The first-order valence-electron chi connectivity index (χ1n) is 7.65. The molecule has 0 N–H and O–H groups in total. The standard InChI is InChI=1S/C15H22N4O2/c1-12-10-19(7-8-21-12)15(20)13-3-2-6-18(11-13)14-9-16-4-5-17-14/h4-5,9,12-13H,2-3,6-8,10-11H2,1H3/t12-,13-/m1/s1. The molecule has 2 aliphatic rings. The number of hydrogen-bond donors (Lipinski definition) is 0. The van der Waals surface area contributed by atoms with E-state index in [-0.39, 0.29) is 17.9 Å². The molecule has 0 aromatic carbocycles. The summed E-state index contributed by atoms with van der Waals surface area (Å²) in [6.07, 6.45) is 7.26. The van der Waals surface area contributed by atoms with Gasteiger partial charge in [0.05, 0.1) is 24.8 Å². The van der Waals surface area contributed by atoms with Crippen molar-refractivity contribution in [2.24, 2.45) is 5.92 Å². The number of hydrogen-bond acceptors (Lipinski definition) is 5.